The van der Waals surface area contributed by atoms with Crippen LogP contribution in [-0.2, 0) is 16.6 Å². The first-order valence-electron chi connectivity index (χ1n) is 10.4. The summed E-state index contributed by atoms with van der Waals surface area (Å²) >= 11 is 0. The zero-order valence-electron chi connectivity index (χ0n) is 17.3. The van der Waals surface area contributed by atoms with Gasteiger partial charge in [0.1, 0.15) is 5.75 Å². The SMILES string of the molecule is COc1ccc(CN2CCC(N(C3CC3)S(=O)(=O)c3ccccc3)CC2)cc1C. The molecule has 0 aromatic heterocycles. The second-order valence-electron chi connectivity index (χ2n) is 8.19. The standard InChI is InChI=1S/C23H30N2O3S/c1-18-16-19(8-11-23(18)28-2)17-24-14-12-21(13-15-24)25(20-9-10-20)29(26,27)22-6-4-3-5-7-22/h3-8,11,16,20-21H,9-10,12-15,17H2,1-2H3. The van der Waals surface area contributed by atoms with E-state index >= 15 is 0 Å². The van der Waals surface area contributed by atoms with Gasteiger partial charge in [-0.05, 0) is 61.9 Å². The van der Waals surface area contributed by atoms with Gasteiger partial charge in [0.25, 0.3) is 0 Å². The number of sulfonamides is 1. The normalized spacial score (nSPS) is 18.9. The van der Waals surface area contributed by atoms with Gasteiger partial charge >= 0.3 is 0 Å². The van der Waals surface area contributed by atoms with Crippen LogP contribution in [0.15, 0.2) is 53.4 Å². The van der Waals surface area contributed by atoms with E-state index in [1.54, 1.807) is 31.4 Å². The molecule has 1 saturated heterocycles. The Morgan fingerprint density at radius 1 is 1.00 bits per heavy atom. The van der Waals surface area contributed by atoms with Gasteiger partial charge in [0, 0.05) is 31.7 Å². The van der Waals surface area contributed by atoms with Gasteiger partial charge in [0.05, 0.1) is 12.0 Å². The highest BCUT2D eigenvalue weighted by Crippen LogP contribution is 2.36. The molecule has 156 valence electrons. The second-order valence-corrected chi connectivity index (χ2v) is 10.0. The van der Waals surface area contributed by atoms with Crippen LogP contribution in [0.4, 0.5) is 0 Å². The Morgan fingerprint density at radius 2 is 1.66 bits per heavy atom. The van der Waals surface area contributed by atoms with Crippen molar-refractivity contribution in [2.75, 3.05) is 20.2 Å². The van der Waals surface area contributed by atoms with Crippen molar-refractivity contribution >= 4 is 10.0 Å². The molecule has 1 aliphatic heterocycles. The third kappa shape index (κ3) is 4.49. The van der Waals surface area contributed by atoms with E-state index in [9.17, 15) is 8.42 Å². The Labute approximate surface area is 174 Å². The Hall–Kier alpha value is -1.89. The minimum absolute atomic E-state index is 0.0987. The Kier molecular flexibility index (Phi) is 5.95. The topological polar surface area (TPSA) is 49.9 Å². The summed E-state index contributed by atoms with van der Waals surface area (Å²) in [7, 11) is -1.73. The van der Waals surface area contributed by atoms with Crippen molar-refractivity contribution in [3.63, 3.8) is 0 Å². The summed E-state index contributed by atoms with van der Waals surface area (Å²) in [6.07, 6.45) is 3.74. The maximum Gasteiger partial charge on any atom is 0.243 e. The summed E-state index contributed by atoms with van der Waals surface area (Å²) in [6, 6.07) is 15.5. The Bertz CT molecular complexity index is 934. The van der Waals surface area contributed by atoms with Crippen LogP contribution < -0.4 is 4.74 Å². The van der Waals surface area contributed by atoms with Gasteiger partial charge in [-0.15, -0.1) is 0 Å². The van der Waals surface area contributed by atoms with Crippen LogP contribution >= 0.6 is 0 Å². The summed E-state index contributed by atoms with van der Waals surface area (Å²) in [4.78, 5) is 2.85. The first-order valence-corrected chi connectivity index (χ1v) is 11.9. The number of rotatable bonds is 7. The van der Waals surface area contributed by atoms with Crippen molar-refractivity contribution in [1.82, 2.24) is 9.21 Å². The highest BCUT2D eigenvalue weighted by Gasteiger charge is 2.43. The molecule has 0 atom stereocenters. The molecule has 0 bridgehead atoms. The first-order chi connectivity index (χ1) is 14.0. The van der Waals surface area contributed by atoms with E-state index in [0.717, 1.165) is 56.6 Å². The van der Waals surface area contributed by atoms with Crippen molar-refractivity contribution in [1.29, 1.82) is 0 Å². The third-order valence-corrected chi connectivity index (χ3v) is 8.03. The fourth-order valence-corrected chi connectivity index (χ4v) is 6.31. The number of benzene rings is 2. The predicted octanol–water partition coefficient (Wildman–Crippen LogP) is 3.82. The van der Waals surface area contributed by atoms with Crippen molar-refractivity contribution in [2.45, 2.75) is 56.1 Å². The number of ether oxygens (including phenoxy) is 1. The summed E-state index contributed by atoms with van der Waals surface area (Å²) in [5.74, 6) is 0.915. The van der Waals surface area contributed by atoms with E-state index in [-0.39, 0.29) is 12.1 Å². The van der Waals surface area contributed by atoms with Gasteiger partial charge in [-0.1, -0.05) is 30.3 Å². The van der Waals surface area contributed by atoms with E-state index in [2.05, 4.69) is 24.0 Å². The number of hydrogen-bond donors (Lipinski definition) is 0. The zero-order valence-corrected chi connectivity index (χ0v) is 18.1. The zero-order chi connectivity index (χ0) is 20.4. The van der Waals surface area contributed by atoms with Crippen LogP contribution in [0.5, 0.6) is 5.75 Å². The smallest absolute Gasteiger partial charge is 0.243 e. The van der Waals surface area contributed by atoms with Crippen molar-refractivity contribution in [2.24, 2.45) is 0 Å². The van der Waals surface area contributed by atoms with Gasteiger partial charge in [0.2, 0.25) is 10.0 Å². The molecule has 2 aliphatic rings. The third-order valence-electron chi connectivity index (χ3n) is 6.01. The maximum absolute atomic E-state index is 13.3. The van der Waals surface area contributed by atoms with Crippen LogP contribution in [0.1, 0.15) is 36.8 Å². The number of hydrogen-bond acceptors (Lipinski definition) is 4. The number of aryl methyl sites for hydroxylation is 1. The average Bonchev–Trinajstić information content (AvgIpc) is 3.55. The molecule has 6 heteroatoms. The molecule has 1 saturated carbocycles. The van der Waals surface area contributed by atoms with Gasteiger partial charge < -0.3 is 4.74 Å². The predicted molar refractivity (Wildman–Crippen MR) is 115 cm³/mol. The lowest BCUT2D eigenvalue weighted by Gasteiger charge is -2.38. The van der Waals surface area contributed by atoms with Gasteiger partial charge in [-0.3, -0.25) is 4.90 Å². The van der Waals surface area contributed by atoms with Gasteiger partial charge in [-0.2, -0.15) is 4.31 Å². The molecule has 0 N–H and O–H groups in total. The highest BCUT2D eigenvalue weighted by atomic mass is 32.2. The quantitative estimate of drug-likeness (QED) is 0.691. The molecule has 0 unspecified atom stereocenters. The van der Waals surface area contributed by atoms with Crippen LogP contribution in [0.3, 0.4) is 0 Å². The lowest BCUT2D eigenvalue weighted by atomic mass is 10.0. The lowest BCUT2D eigenvalue weighted by molar-refractivity contribution is 0.150. The minimum atomic E-state index is -3.43. The maximum atomic E-state index is 13.3. The lowest BCUT2D eigenvalue weighted by Crippen LogP contribution is -2.48. The van der Waals surface area contributed by atoms with E-state index in [4.69, 9.17) is 4.74 Å². The number of likely N-dealkylation sites (tertiary alicyclic amines) is 1. The van der Waals surface area contributed by atoms with Crippen molar-refractivity contribution < 1.29 is 13.2 Å². The molecular formula is C23H30N2O3S. The van der Waals surface area contributed by atoms with Crippen molar-refractivity contribution in [3.05, 3.63) is 59.7 Å². The summed E-state index contributed by atoms with van der Waals surface area (Å²) in [5, 5.41) is 0. The molecule has 1 aliphatic carbocycles. The van der Waals surface area contributed by atoms with E-state index in [1.807, 2.05) is 16.4 Å². The number of piperidine rings is 1. The Morgan fingerprint density at radius 3 is 2.24 bits per heavy atom. The first kappa shape index (κ1) is 20.4. The minimum Gasteiger partial charge on any atom is -0.496 e. The van der Waals surface area contributed by atoms with E-state index in [1.165, 1.54) is 5.56 Å². The summed E-state index contributed by atoms with van der Waals surface area (Å²) in [5.41, 5.74) is 2.42. The van der Waals surface area contributed by atoms with Crippen LogP contribution in [0.25, 0.3) is 0 Å². The molecule has 2 aromatic rings. The average molecular weight is 415 g/mol. The fraction of sp³-hybridized carbons (Fsp3) is 0.478. The molecule has 0 amide bonds. The summed E-state index contributed by atoms with van der Waals surface area (Å²) in [6.45, 7) is 4.80. The Balaban J connectivity index is 1.42. The van der Waals surface area contributed by atoms with Crippen molar-refractivity contribution in [3.8, 4) is 5.75 Å². The van der Waals surface area contributed by atoms with E-state index in [0.29, 0.717) is 4.90 Å². The van der Waals surface area contributed by atoms with Gasteiger partial charge in [0.15, 0.2) is 0 Å². The number of nitrogens with zero attached hydrogens (tertiary/aromatic N) is 2. The van der Waals surface area contributed by atoms with Crippen LogP contribution in [-0.4, -0.2) is 49.9 Å². The second kappa shape index (κ2) is 8.46. The molecule has 2 fully saturated rings. The molecule has 2 aromatic carbocycles. The monoisotopic (exact) mass is 414 g/mol. The van der Waals surface area contributed by atoms with Crippen LogP contribution in [0.2, 0.25) is 0 Å². The molecule has 0 spiro atoms. The van der Waals surface area contributed by atoms with Crippen LogP contribution in [0, 0.1) is 6.92 Å². The van der Waals surface area contributed by atoms with Gasteiger partial charge in [-0.25, -0.2) is 8.42 Å². The molecular weight excluding hydrogens is 384 g/mol. The molecule has 5 nitrogen and oxygen atoms in total. The fourth-order valence-electron chi connectivity index (χ4n) is 4.36. The summed E-state index contributed by atoms with van der Waals surface area (Å²) < 4.78 is 33.7. The molecule has 4 rings (SSSR count). The highest BCUT2D eigenvalue weighted by molar-refractivity contribution is 7.89. The molecule has 29 heavy (non-hydrogen) atoms. The number of methoxy groups -OCH3 is 1. The van der Waals surface area contributed by atoms with E-state index < -0.39 is 10.0 Å². The molecule has 1 heterocycles. The molecule has 0 radical (unpaired) electrons. The largest absolute Gasteiger partial charge is 0.496 e.